The molecule has 0 aliphatic rings. The number of nitrogens with zero attached hydrogens (tertiary/aromatic N) is 2. The average Bonchev–Trinajstić information content (AvgIpc) is 2.85. The molecule has 1 aromatic heterocycles. The minimum atomic E-state index is -1.16. The maximum absolute atomic E-state index is 13.3. The van der Waals surface area contributed by atoms with Gasteiger partial charge in [-0.1, -0.05) is 11.2 Å². The van der Waals surface area contributed by atoms with Crippen molar-refractivity contribution in [1.82, 2.24) is 15.5 Å². The molecule has 2 rings (SSSR count). The number of hydrogen-bond donors (Lipinski definition) is 1. The monoisotopic (exact) mass is 253 g/mol. The van der Waals surface area contributed by atoms with E-state index in [1.807, 2.05) is 0 Å². The van der Waals surface area contributed by atoms with E-state index in [9.17, 15) is 13.6 Å². The van der Waals surface area contributed by atoms with Crippen molar-refractivity contribution in [2.75, 3.05) is 6.54 Å². The van der Waals surface area contributed by atoms with Crippen molar-refractivity contribution in [3.63, 3.8) is 0 Å². The highest BCUT2D eigenvalue weighted by Gasteiger charge is 2.14. The number of aromatic nitrogens is 2. The van der Waals surface area contributed by atoms with Crippen LogP contribution < -0.4 is 5.32 Å². The first-order chi connectivity index (χ1) is 8.68. The van der Waals surface area contributed by atoms with Crippen LogP contribution in [0, 0.1) is 11.6 Å². The number of nitrogens with one attached hydrogen (secondary N) is 1. The molecule has 1 amide bonds. The standard InChI is InChI=1S/C11H9F2N3O2/c12-8-3-1-2-7(10(8)13)11(17)14-5-4-9-15-6-16-18-9/h1-3,6H,4-5H2,(H,14,17). The first-order valence-electron chi connectivity index (χ1n) is 5.16. The second-order valence-electron chi connectivity index (χ2n) is 3.44. The highest BCUT2D eigenvalue weighted by atomic mass is 19.2. The van der Waals surface area contributed by atoms with E-state index in [0.29, 0.717) is 12.3 Å². The Kier molecular flexibility index (Phi) is 3.61. The maximum Gasteiger partial charge on any atom is 0.254 e. The fourth-order valence-corrected chi connectivity index (χ4v) is 1.36. The van der Waals surface area contributed by atoms with Crippen LogP contribution in [-0.4, -0.2) is 22.6 Å². The Morgan fingerprint density at radius 1 is 1.39 bits per heavy atom. The van der Waals surface area contributed by atoms with Gasteiger partial charge < -0.3 is 9.84 Å². The molecule has 0 aliphatic carbocycles. The first-order valence-corrected chi connectivity index (χ1v) is 5.16. The van der Waals surface area contributed by atoms with E-state index in [0.717, 1.165) is 6.07 Å². The van der Waals surface area contributed by atoms with Crippen LogP contribution >= 0.6 is 0 Å². The van der Waals surface area contributed by atoms with Crippen molar-refractivity contribution >= 4 is 5.91 Å². The Morgan fingerprint density at radius 3 is 2.94 bits per heavy atom. The lowest BCUT2D eigenvalue weighted by molar-refractivity contribution is 0.0948. The zero-order valence-corrected chi connectivity index (χ0v) is 9.19. The predicted molar refractivity (Wildman–Crippen MR) is 56.7 cm³/mol. The third-order valence-electron chi connectivity index (χ3n) is 2.23. The molecule has 0 saturated heterocycles. The summed E-state index contributed by atoms with van der Waals surface area (Å²) in [7, 11) is 0. The van der Waals surface area contributed by atoms with Crippen LogP contribution in [0.5, 0.6) is 0 Å². The molecule has 0 saturated carbocycles. The molecule has 2 aromatic rings. The van der Waals surface area contributed by atoms with Crippen LogP contribution in [0.4, 0.5) is 8.78 Å². The SMILES string of the molecule is O=C(NCCc1ncno1)c1cccc(F)c1F. The van der Waals surface area contributed by atoms with E-state index < -0.39 is 17.5 Å². The lowest BCUT2D eigenvalue weighted by atomic mass is 10.2. The minimum Gasteiger partial charge on any atom is -0.351 e. The van der Waals surface area contributed by atoms with Gasteiger partial charge in [0.25, 0.3) is 5.91 Å². The van der Waals surface area contributed by atoms with Gasteiger partial charge in [0.2, 0.25) is 5.89 Å². The Labute approximate surface area is 101 Å². The second kappa shape index (κ2) is 5.35. The summed E-state index contributed by atoms with van der Waals surface area (Å²) in [5, 5.41) is 5.83. The summed E-state index contributed by atoms with van der Waals surface area (Å²) in [4.78, 5) is 15.3. The average molecular weight is 253 g/mol. The van der Waals surface area contributed by atoms with Crippen molar-refractivity contribution in [3.8, 4) is 0 Å². The number of benzene rings is 1. The van der Waals surface area contributed by atoms with Gasteiger partial charge in [0.05, 0.1) is 5.56 Å². The van der Waals surface area contributed by atoms with Gasteiger partial charge in [0.1, 0.15) is 0 Å². The predicted octanol–water partition coefficient (Wildman–Crippen LogP) is 1.32. The second-order valence-corrected chi connectivity index (χ2v) is 3.44. The summed E-state index contributed by atoms with van der Waals surface area (Å²) in [5.74, 6) is -2.55. The lowest BCUT2D eigenvalue weighted by Gasteiger charge is -2.04. The molecule has 0 spiro atoms. The maximum atomic E-state index is 13.3. The molecule has 1 aromatic carbocycles. The molecule has 0 radical (unpaired) electrons. The Bertz CT molecular complexity index is 543. The Morgan fingerprint density at radius 2 is 2.22 bits per heavy atom. The number of hydrogen-bond acceptors (Lipinski definition) is 4. The third-order valence-corrected chi connectivity index (χ3v) is 2.23. The molecule has 0 fully saturated rings. The lowest BCUT2D eigenvalue weighted by Crippen LogP contribution is -2.26. The van der Waals surface area contributed by atoms with Crippen molar-refractivity contribution in [3.05, 3.63) is 47.6 Å². The summed E-state index contributed by atoms with van der Waals surface area (Å²) in [5.41, 5.74) is -0.333. The number of amides is 1. The number of carbonyl (C=O) groups excluding carboxylic acids is 1. The van der Waals surface area contributed by atoms with Crippen LogP contribution in [0.1, 0.15) is 16.2 Å². The van der Waals surface area contributed by atoms with E-state index >= 15 is 0 Å². The van der Waals surface area contributed by atoms with Crippen molar-refractivity contribution in [2.45, 2.75) is 6.42 Å². The Hall–Kier alpha value is -2.31. The minimum absolute atomic E-state index is 0.191. The smallest absolute Gasteiger partial charge is 0.254 e. The summed E-state index contributed by atoms with van der Waals surface area (Å²) in [6.45, 7) is 0.191. The molecule has 1 N–H and O–H groups in total. The third kappa shape index (κ3) is 2.68. The molecule has 1 heterocycles. The van der Waals surface area contributed by atoms with Crippen LogP contribution in [-0.2, 0) is 6.42 Å². The molecule has 0 unspecified atom stereocenters. The topological polar surface area (TPSA) is 68.0 Å². The highest BCUT2D eigenvalue weighted by Crippen LogP contribution is 2.10. The molecular formula is C11H9F2N3O2. The van der Waals surface area contributed by atoms with E-state index in [2.05, 4.69) is 15.5 Å². The van der Waals surface area contributed by atoms with Gasteiger partial charge in [-0.15, -0.1) is 0 Å². The Balaban J connectivity index is 1.93. The fraction of sp³-hybridized carbons (Fsp3) is 0.182. The van der Waals surface area contributed by atoms with Gasteiger partial charge in [-0.2, -0.15) is 4.98 Å². The number of carbonyl (C=O) groups is 1. The van der Waals surface area contributed by atoms with Crippen LogP contribution in [0.25, 0.3) is 0 Å². The van der Waals surface area contributed by atoms with Gasteiger partial charge in [-0.3, -0.25) is 4.79 Å². The zero-order valence-electron chi connectivity index (χ0n) is 9.19. The van der Waals surface area contributed by atoms with E-state index in [1.54, 1.807) is 0 Å². The largest absolute Gasteiger partial charge is 0.351 e. The molecule has 18 heavy (non-hydrogen) atoms. The number of halogens is 2. The van der Waals surface area contributed by atoms with Crippen LogP contribution in [0.2, 0.25) is 0 Å². The van der Waals surface area contributed by atoms with Crippen LogP contribution in [0.3, 0.4) is 0 Å². The van der Waals surface area contributed by atoms with Gasteiger partial charge in [0, 0.05) is 13.0 Å². The van der Waals surface area contributed by atoms with Crippen LogP contribution in [0.15, 0.2) is 29.0 Å². The molecular weight excluding hydrogens is 244 g/mol. The van der Waals surface area contributed by atoms with Crippen molar-refractivity contribution in [1.29, 1.82) is 0 Å². The molecule has 0 atom stereocenters. The van der Waals surface area contributed by atoms with E-state index in [-0.39, 0.29) is 12.1 Å². The fourth-order valence-electron chi connectivity index (χ4n) is 1.36. The van der Waals surface area contributed by atoms with Crippen molar-refractivity contribution < 1.29 is 18.1 Å². The molecule has 0 bridgehead atoms. The van der Waals surface area contributed by atoms with Gasteiger partial charge in [0.15, 0.2) is 18.0 Å². The normalized spacial score (nSPS) is 10.3. The first kappa shape index (κ1) is 12.2. The van der Waals surface area contributed by atoms with E-state index in [1.165, 1.54) is 18.5 Å². The molecule has 94 valence electrons. The molecule has 0 aliphatic heterocycles. The number of rotatable bonds is 4. The quantitative estimate of drug-likeness (QED) is 0.892. The van der Waals surface area contributed by atoms with Gasteiger partial charge >= 0.3 is 0 Å². The molecule has 7 heteroatoms. The zero-order chi connectivity index (χ0) is 13.0. The summed E-state index contributed by atoms with van der Waals surface area (Å²) in [6.07, 6.45) is 1.56. The summed E-state index contributed by atoms with van der Waals surface area (Å²) in [6, 6.07) is 3.43. The van der Waals surface area contributed by atoms with Gasteiger partial charge in [-0.25, -0.2) is 8.78 Å². The molecule has 5 nitrogen and oxygen atoms in total. The van der Waals surface area contributed by atoms with Gasteiger partial charge in [-0.05, 0) is 12.1 Å². The summed E-state index contributed by atoms with van der Waals surface area (Å²) < 4.78 is 30.9. The highest BCUT2D eigenvalue weighted by molar-refractivity contribution is 5.94. The van der Waals surface area contributed by atoms with E-state index in [4.69, 9.17) is 4.52 Å². The van der Waals surface area contributed by atoms with Crippen molar-refractivity contribution in [2.24, 2.45) is 0 Å². The summed E-state index contributed by atoms with van der Waals surface area (Å²) >= 11 is 0.